The van der Waals surface area contributed by atoms with Crippen molar-refractivity contribution in [1.29, 1.82) is 0 Å². The maximum Gasteiger partial charge on any atom is 0.234 e. The van der Waals surface area contributed by atoms with Crippen molar-refractivity contribution in [2.45, 2.75) is 25.5 Å². The van der Waals surface area contributed by atoms with E-state index in [1.165, 1.54) is 11.8 Å². The number of furan rings is 1. The van der Waals surface area contributed by atoms with E-state index in [9.17, 15) is 4.79 Å². The maximum absolute atomic E-state index is 12.5. The van der Waals surface area contributed by atoms with Crippen LogP contribution in [0.15, 0.2) is 70.4 Å². The van der Waals surface area contributed by atoms with Gasteiger partial charge in [0.05, 0.1) is 18.6 Å². The SMILES string of the molecule is Cc1ccc(NC(=O)CSc2nnc(-c3ccc(Cl)cc3)n2Cc2ccco2)c(C)c1. The second kappa shape index (κ2) is 9.41. The van der Waals surface area contributed by atoms with E-state index in [2.05, 4.69) is 15.5 Å². The molecule has 0 aliphatic rings. The molecule has 4 rings (SSSR count). The summed E-state index contributed by atoms with van der Waals surface area (Å²) in [5.41, 5.74) is 3.89. The standard InChI is InChI=1S/C23H21ClN4O2S/c1-15-5-10-20(16(2)12-15)25-21(29)14-31-23-27-26-22(17-6-8-18(24)9-7-17)28(23)13-19-4-3-11-30-19/h3-12H,13-14H2,1-2H3,(H,25,29). The fraction of sp³-hybridized carbons (Fsp3) is 0.174. The lowest BCUT2D eigenvalue weighted by atomic mass is 10.1. The van der Waals surface area contributed by atoms with Crippen molar-refractivity contribution in [1.82, 2.24) is 14.8 Å². The summed E-state index contributed by atoms with van der Waals surface area (Å²) in [4.78, 5) is 12.5. The molecule has 0 unspecified atom stereocenters. The minimum Gasteiger partial charge on any atom is -0.467 e. The predicted molar refractivity (Wildman–Crippen MR) is 124 cm³/mol. The number of hydrogen-bond acceptors (Lipinski definition) is 5. The highest BCUT2D eigenvalue weighted by molar-refractivity contribution is 7.99. The molecule has 0 aliphatic carbocycles. The monoisotopic (exact) mass is 452 g/mol. The molecule has 2 heterocycles. The summed E-state index contributed by atoms with van der Waals surface area (Å²) in [6, 6.07) is 17.1. The summed E-state index contributed by atoms with van der Waals surface area (Å²) < 4.78 is 7.45. The molecule has 2 aromatic heterocycles. The van der Waals surface area contributed by atoms with Gasteiger partial charge in [0.25, 0.3) is 0 Å². The third-order valence-corrected chi connectivity index (χ3v) is 5.92. The van der Waals surface area contributed by atoms with Gasteiger partial charge in [0.2, 0.25) is 5.91 Å². The molecule has 0 spiro atoms. The summed E-state index contributed by atoms with van der Waals surface area (Å²) >= 11 is 7.36. The Balaban J connectivity index is 1.53. The fourth-order valence-corrected chi connectivity index (χ4v) is 4.04. The number of nitrogens with one attached hydrogen (secondary N) is 1. The number of benzene rings is 2. The summed E-state index contributed by atoms with van der Waals surface area (Å²) in [6.45, 7) is 4.46. The van der Waals surface area contributed by atoms with Crippen molar-refractivity contribution >= 4 is 35.0 Å². The van der Waals surface area contributed by atoms with Gasteiger partial charge in [0.1, 0.15) is 5.76 Å². The van der Waals surface area contributed by atoms with Crippen LogP contribution in [0.2, 0.25) is 5.02 Å². The molecule has 1 N–H and O–H groups in total. The number of hydrogen-bond donors (Lipinski definition) is 1. The highest BCUT2D eigenvalue weighted by Gasteiger charge is 2.17. The maximum atomic E-state index is 12.5. The molecule has 0 saturated heterocycles. The molecule has 0 radical (unpaired) electrons. The van der Waals surface area contributed by atoms with Crippen molar-refractivity contribution in [3.8, 4) is 11.4 Å². The lowest BCUT2D eigenvalue weighted by Gasteiger charge is -2.10. The van der Waals surface area contributed by atoms with Crippen LogP contribution in [0, 0.1) is 13.8 Å². The second-order valence-corrected chi connectivity index (χ2v) is 8.51. The zero-order valence-electron chi connectivity index (χ0n) is 17.1. The van der Waals surface area contributed by atoms with Gasteiger partial charge < -0.3 is 9.73 Å². The Morgan fingerprint density at radius 2 is 1.94 bits per heavy atom. The van der Waals surface area contributed by atoms with E-state index in [0.29, 0.717) is 22.5 Å². The van der Waals surface area contributed by atoms with Crippen molar-refractivity contribution in [2.24, 2.45) is 0 Å². The van der Waals surface area contributed by atoms with E-state index >= 15 is 0 Å². The highest BCUT2D eigenvalue weighted by Crippen LogP contribution is 2.27. The molecule has 8 heteroatoms. The van der Waals surface area contributed by atoms with Gasteiger partial charge in [-0.3, -0.25) is 9.36 Å². The van der Waals surface area contributed by atoms with E-state index in [1.807, 2.05) is 73.0 Å². The van der Waals surface area contributed by atoms with Gasteiger partial charge in [-0.25, -0.2) is 0 Å². The topological polar surface area (TPSA) is 73.0 Å². The Morgan fingerprint density at radius 3 is 2.65 bits per heavy atom. The first-order chi connectivity index (χ1) is 15.0. The Kier molecular flexibility index (Phi) is 6.44. The smallest absolute Gasteiger partial charge is 0.234 e. The third-order valence-electron chi connectivity index (χ3n) is 4.70. The van der Waals surface area contributed by atoms with Crippen molar-refractivity contribution in [2.75, 3.05) is 11.1 Å². The molecular formula is C23H21ClN4O2S. The molecule has 1 amide bonds. The Labute approximate surface area is 189 Å². The van der Waals surface area contributed by atoms with Crippen LogP contribution >= 0.6 is 23.4 Å². The summed E-state index contributed by atoms with van der Waals surface area (Å²) in [5.74, 6) is 1.57. The van der Waals surface area contributed by atoms with Crippen LogP contribution in [0.3, 0.4) is 0 Å². The Hall–Kier alpha value is -3.03. The summed E-state index contributed by atoms with van der Waals surface area (Å²) in [5, 5.41) is 12.9. The van der Waals surface area contributed by atoms with Crippen molar-refractivity contribution < 1.29 is 9.21 Å². The quantitative estimate of drug-likeness (QED) is 0.370. The average molecular weight is 453 g/mol. The highest BCUT2D eigenvalue weighted by atomic mass is 35.5. The average Bonchev–Trinajstić information content (AvgIpc) is 3.40. The van der Waals surface area contributed by atoms with Crippen LogP contribution in [0.4, 0.5) is 5.69 Å². The number of amides is 1. The van der Waals surface area contributed by atoms with Gasteiger partial charge in [0.15, 0.2) is 11.0 Å². The predicted octanol–water partition coefficient (Wildman–Crippen LogP) is 5.59. The van der Waals surface area contributed by atoms with E-state index < -0.39 is 0 Å². The van der Waals surface area contributed by atoms with Crippen LogP contribution in [0.1, 0.15) is 16.9 Å². The van der Waals surface area contributed by atoms with E-state index in [0.717, 1.165) is 28.1 Å². The zero-order chi connectivity index (χ0) is 21.8. The van der Waals surface area contributed by atoms with Gasteiger partial charge in [-0.1, -0.05) is 41.1 Å². The Bertz CT molecular complexity index is 1190. The molecule has 2 aromatic carbocycles. The van der Waals surface area contributed by atoms with Gasteiger partial charge >= 0.3 is 0 Å². The van der Waals surface area contributed by atoms with Gasteiger partial charge in [-0.05, 0) is 61.9 Å². The van der Waals surface area contributed by atoms with Gasteiger partial charge in [0, 0.05) is 16.3 Å². The number of rotatable bonds is 7. The molecule has 31 heavy (non-hydrogen) atoms. The lowest BCUT2D eigenvalue weighted by molar-refractivity contribution is -0.113. The van der Waals surface area contributed by atoms with E-state index in [-0.39, 0.29) is 11.7 Å². The first-order valence-corrected chi connectivity index (χ1v) is 11.1. The van der Waals surface area contributed by atoms with Crippen LogP contribution in [0.25, 0.3) is 11.4 Å². The minimum absolute atomic E-state index is 0.0995. The first-order valence-electron chi connectivity index (χ1n) is 9.71. The number of nitrogens with zero attached hydrogens (tertiary/aromatic N) is 3. The van der Waals surface area contributed by atoms with Crippen molar-refractivity contribution in [3.63, 3.8) is 0 Å². The number of aromatic nitrogens is 3. The van der Waals surface area contributed by atoms with Crippen molar-refractivity contribution in [3.05, 3.63) is 82.8 Å². The molecule has 4 aromatic rings. The largest absolute Gasteiger partial charge is 0.467 e. The molecule has 6 nitrogen and oxygen atoms in total. The second-order valence-electron chi connectivity index (χ2n) is 7.13. The number of carbonyl (C=O) groups excluding carboxylic acids is 1. The molecule has 0 aliphatic heterocycles. The Morgan fingerprint density at radius 1 is 1.13 bits per heavy atom. The van der Waals surface area contributed by atoms with Crippen LogP contribution in [-0.4, -0.2) is 26.4 Å². The molecule has 0 atom stereocenters. The number of thioether (sulfide) groups is 1. The molecular weight excluding hydrogens is 432 g/mol. The molecule has 0 fully saturated rings. The third kappa shape index (κ3) is 5.18. The van der Waals surface area contributed by atoms with E-state index in [4.69, 9.17) is 16.0 Å². The fourth-order valence-electron chi connectivity index (χ4n) is 3.18. The van der Waals surface area contributed by atoms with Crippen LogP contribution < -0.4 is 5.32 Å². The number of halogens is 1. The normalized spacial score (nSPS) is 10.9. The minimum atomic E-state index is -0.0995. The first kappa shape index (κ1) is 21.2. The molecule has 0 bridgehead atoms. The zero-order valence-corrected chi connectivity index (χ0v) is 18.7. The lowest BCUT2D eigenvalue weighted by Crippen LogP contribution is -2.15. The summed E-state index contributed by atoms with van der Waals surface area (Å²) in [7, 11) is 0. The van der Waals surface area contributed by atoms with Crippen LogP contribution in [-0.2, 0) is 11.3 Å². The van der Waals surface area contributed by atoms with E-state index in [1.54, 1.807) is 6.26 Å². The van der Waals surface area contributed by atoms with Gasteiger partial charge in [-0.2, -0.15) is 0 Å². The molecule has 158 valence electrons. The van der Waals surface area contributed by atoms with Crippen LogP contribution in [0.5, 0.6) is 0 Å². The molecule has 0 saturated carbocycles. The number of aryl methyl sites for hydroxylation is 2. The number of anilines is 1. The van der Waals surface area contributed by atoms with Gasteiger partial charge in [-0.15, -0.1) is 10.2 Å². The number of carbonyl (C=O) groups is 1. The summed E-state index contributed by atoms with van der Waals surface area (Å²) in [6.07, 6.45) is 1.63.